The molecule has 2 heterocycles. The number of hydrogen-bond donors (Lipinski definition) is 1. The molecule has 1 fully saturated rings. The highest BCUT2D eigenvalue weighted by molar-refractivity contribution is 7.81. The number of rotatable bonds is 6. The molecule has 1 aliphatic rings. The van der Waals surface area contributed by atoms with E-state index in [9.17, 15) is 23.1 Å². The van der Waals surface area contributed by atoms with E-state index < -0.39 is 34.0 Å². The van der Waals surface area contributed by atoms with Crippen molar-refractivity contribution >= 4 is 33.6 Å². The number of carbonyl (C=O) groups is 1. The molecule has 0 radical (unpaired) electrons. The second kappa shape index (κ2) is 7.01. The Morgan fingerprint density at radius 1 is 1.24 bits per heavy atom. The van der Waals surface area contributed by atoms with Crippen LogP contribution in [0.5, 0.6) is 0 Å². The molecule has 3 atom stereocenters. The zero-order valence-corrected chi connectivity index (χ0v) is 16.9. The number of hydrogen-bond acceptors (Lipinski definition) is 5. The average Bonchev–Trinajstić information content (AvgIpc) is 3.08. The molecule has 9 heteroatoms. The Morgan fingerprint density at radius 2 is 1.97 bits per heavy atom. The van der Waals surface area contributed by atoms with Gasteiger partial charge in [0.2, 0.25) is 0 Å². The maximum absolute atomic E-state index is 13.1. The summed E-state index contributed by atoms with van der Waals surface area (Å²) in [7, 11) is 0. The standard InChI is InChI=1S/C20H17FN2O4S2/c1-19(13-5-3-2-4-6-13)12-20(19,18(24)25)23(29(26)27)17-10-9-16(28-17)15-8-7-14(21)11-22-15/h2-11H,12H2,1H3,(H,24,25)(H,26,27)/p-1. The lowest BCUT2D eigenvalue weighted by atomic mass is 9.92. The van der Waals surface area contributed by atoms with E-state index in [1.165, 1.54) is 12.1 Å². The van der Waals surface area contributed by atoms with Crippen LogP contribution in [0.15, 0.2) is 60.8 Å². The van der Waals surface area contributed by atoms with Crippen LogP contribution in [0.4, 0.5) is 9.39 Å². The van der Waals surface area contributed by atoms with Crippen LogP contribution >= 0.6 is 11.3 Å². The predicted molar refractivity (Wildman–Crippen MR) is 108 cm³/mol. The maximum Gasteiger partial charge on any atom is 0.331 e. The largest absolute Gasteiger partial charge is 0.755 e. The SMILES string of the molecule is CC1(c2ccccc2)CC1(C(=O)O)N(c1ccc(-c2ccc(F)cn2)s1)S(=O)[O-]. The zero-order valence-electron chi connectivity index (χ0n) is 15.2. The molecule has 2 aromatic heterocycles. The van der Waals surface area contributed by atoms with Crippen LogP contribution in [-0.4, -0.2) is 30.4 Å². The first-order valence-electron chi connectivity index (χ1n) is 8.70. The van der Waals surface area contributed by atoms with Gasteiger partial charge in [-0.2, -0.15) is 0 Å². The van der Waals surface area contributed by atoms with E-state index in [-0.39, 0.29) is 11.4 Å². The molecule has 1 aromatic carbocycles. The molecule has 0 spiro atoms. The summed E-state index contributed by atoms with van der Waals surface area (Å²) in [6.07, 6.45) is 1.22. The van der Waals surface area contributed by atoms with Gasteiger partial charge in [0.15, 0.2) is 5.54 Å². The third-order valence-electron chi connectivity index (χ3n) is 5.43. The van der Waals surface area contributed by atoms with Gasteiger partial charge in [0, 0.05) is 16.7 Å². The van der Waals surface area contributed by atoms with Crippen molar-refractivity contribution in [3.63, 3.8) is 0 Å². The van der Waals surface area contributed by atoms with E-state index in [2.05, 4.69) is 4.98 Å². The summed E-state index contributed by atoms with van der Waals surface area (Å²) >= 11 is -1.72. The lowest BCUT2D eigenvalue weighted by molar-refractivity contribution is -0.139. The van der Waals surface area contributed by atoms with Crippen LogP contribution in [-0.2, 0) is 21.5 Å². The van der Waals surface area contributed by atoms with Crippen molar-refractivity contribution < 1.29 is 23.1 Å². The Hall–Kier alpha value is -2.62. The molecule has 1 aliphatic carbocycles. The van der Waals surface area contributed by atoms with E-state index in [0.29, 0.717) is 10.6 Å². The van der Waals surface area contributed by atoms with Gasteiger partial charge in [-0.25, -0.2) is 9.18 Å². The van der Waals surface area contributed by atoms with Crippen molar-refractivity contribution in [3.05, 3.63) is 72.2 Å². The number of halogens is 1. The summed E-state index contributed by atoms with van der Waals surface area (Å²) in [5.74, 6) is -1.68. The Bertz CT molecular complexity index is 1090. The van der Waals surface area contributed by atoms with Gasteiger partial charge in [0.05, 0.1) is 16.8 Å². The fraction of sp³-hybridized carbons (Fsp3) is 0.200. The molecule has 150 valence electrons. The number of aliphatic carboxylic acids is 1. The fourth-order valence-electron chi connectivity index (χ4n) is 3.79. The van der Waals surface area contributed by atoms with Crippen LogP contribution in [0, 0.1) is 5.82 Å². The van der Waals surface area contributed by atoms with Crippen LogP contribution in [0.2, 0.25) is 0 Å². The first kappa shape index (κ1) is 19.7. The second-order valence-corrected chi connectivity index (χ2v) is 8.91. The van der Waals surface area contributed by atoms with Gasteiger partial charge in [-0.05, 0) is 36.2 Å². The first-order valence-corrected chi connectivity index (χ1v) is 10.5. The van der Waals surface area contributed by atoms with E-state index in [1.54, 1.807) is 43.3 Å². The minimum absolute atomic E-state index is 0.148. The highest BCUT2D eigenvalue weighted by Crippen LogP contribution is 2.62. The van der Waals surface area contributed by atoms with Crippen LogP contribution in [0.1, 0.15) is 18.9 Å². The lowest BCUT2D eigenvalue weighted by Crippen LogP contribution is -2.49. The first-order chi connectivity index (χ1) is 13.8. The molecule has 0 aliphatic heterocycles. The van der Waals surface area contributed by atoms with Crippen LogP contribution in [0.3, 0.4) is 0 Å². The number of pyridine rings is 1. The Labute approximate surface area is 173 Å². The topological polar surface area (TPSA) is 93.6 Å². The monoisotopic (exact) mass is 431 g/mol. The molecule has 1 saturated carbocycles. The van der Waals surface area contributed by atoms with Crippen molar-refractivity contribution in [1.29, 1.82) is 0 Å². The molecule has 3 unspecified atom stereocenters. The van der Waals surface area contributed by atoms with Gasteiger partial charge < -0.3 is 9.66 Å². The summed E-state index contributed by atoms with van der Waals surface area (Å²) in [5.41, 5.74) is -1.27. The summed E-state index contributed by atoms with van der Waals surface area (Å²) in [5, 5.41) is 10.3. The zero-order chi connectivity index (χ0) is 20.8. The molecular formula is C20H16FN2O4S2-. The third kappa shape index (κ3) is 3.06. The molecule has 6 nitrogen and oxygen atoms in total. The van der Waals surface area contributed by atoms with E-state index in [0.717, 1.165) is 27.4 Å². The normalized spacial score (nSPS) is 24.1. The molecule has 0 amide bonds. The summed E-state index contributed by atoms with van der Waals surface area (Å²) in [4.78, 5) is 17.0. The van der Waals surface area contributed by atoms with Crippen molar-refractivity contribution in [2.45, 2.75) is 24.3 Å². The number of thiophene rings is 1. The van der Waals surface area contributed by atoms with Gasteiger partial charge in [0.1, 0.15) is 10.8 Å². The van der Waals surface area contributed by atoms with Gasteiger partial charge in [0.25, 0.3) is 0 Å². The van der Waals surface area contributed by atoms with Crippen molar-refractivity contribution in [2.24, 2.45) is 0 Å². The highest BCUT2D eigenvalue weighted by atomic mass is 32.2. The Kier molecular flexibility index (Phi) is 4.76. The highest BCUT2D eigenvalue weighted by Gasteiger charge is 2.74. The molecule has 1 N–H and O–H groups in total. The van der Waals surface area contributed by atoms with E-state index >= 15 is 0 Å². The van der Waals surface area contributed by atoms with Gasteiger partial charge >= 0.3 is 5.97 Å². The second-order valence-electron chi connectivity index (χ2n) is 7.05. The van der Waals surface area contributed by atoms with E-state index in [1.807, 2.05) is 6.07 Å². The summed E-state index contributed by atoms with van der Waals surface area (Å²) < 4.78 is 38.5. The molecule has 0 bridgehead atoms. The number of anilines is 1. The summed E-state index contributed by atoms with van der Waals surface area (Å²) in [6.45, 7) is 1.76. The van der Waals surface area contributed by atoms with Crippen molar-refractivity contribution in [3.8, 4) is 10.6 Å². The molecule has 3 aromatic rings. The van der Waals surface area contributed by atoms with Gasteiger partial charge in [-0.1, -0.05) is 37.3 Å². The summed E-state index contributed by atoms with van der Waals surface area (Å²) in [6, 6.07) is 15.0. The number of carboxylic acid groups (broad SMARTS) is 1. The van der Waals surface area contributed by atoms with Gasteiger partial charge in [-0.15, -0.1) is 11.3 Å². The van der Waals surface area contributed by atoms with E-state index in [4.69, 9.17) is 0 Å². The molecular weight excluding hydrogens is 415 g/mol. The minimum atomic E-state index is -2.82. The quantitative estimate of drug-likeness (QED) is 0.600. The Balaban J connectivity index is 1.77. The fourth-order valence-corrected chi connectivity index (χ4v) is 5.86. The number of aromatic nitrogens is 1. The third-order valence-corrected chi connectivity index (χ3v) is 7.44. The lowest BCUT2D eigenvalue weighted by Gasteiger charge is -2.34. The number of benzene rings is 1. The molecule has 0 saturated heterocycles. The average molecular weight is 431 g/mol. The van der Waals surface area contributed by atoms with Crippen molar-refractivity contribution in [1.82, 2.24) is 4.98 Å². The van der Waals surface area contributed by atoms with Crippen LogP contribution < -0.4 is 4.31 Å². The molecule has 29 heavy (non-hydrogen) atoms. The minimum Gasteiger partial charge on any atom is -0.755 e. The van der Waals surface area contributed by atoms with Crippen LogP contribution in [0.25, 0.3) is 10.6 Å². The van der Waals surface area contributed by atoms with Gasteiger partial charge in [-0.3, -0.25) is 13.5 Å². The van der Waals surface area contributed by atoms with Crippen molar-refractivity contribution in [2.75, 3.05) is 4.31 Å². The smallest absolute Gasteiger partial charge is 0.331 e. The Morgan fingerprint density at radius 3 is 2.55 bits per heavy atom. The number of carboxylic acids is 1. The predicted octanol–water partition coefficient (Wildman–Crippen LogP) is 3.73. The molecule has 4 rings (SSSR count). The number of nitrogens with zero attached hydrogens (tertiary/aromatic N) is 2. The maximum atomic E-state index is 13.1.